The van der Waals surface area contributed by atoms with Gasteiger partial charge in [0.15, 0.2) is 0 Å². The predicted octanol–water partition coefficient (Wildman–Crippen LogP) is -0.717. The molecule has 0 fully saturated rings. The number of rotatable bonds is 0. The first-order chi connectivity index (χ1) is 0. The molecule has 0 aliphatic carbocycles. The maximum Gasteiger partial charge on any atom is 2.00 e. The van der Waals surface area contributed by atoms with Gasteiger partial charge in [-0.2, -0.15) is 13.5 Å². The van der Waals surface area contributed by atoms with Crippen molar-refractivity contribution in [2.24, 2.45) is 0 Å². The van der Waals surface area contributed by atoms with E-state index in [1.54, 1.807) is 0 Å². The third kappa shape index (κ3) is 9.54. The van der Waals surface area contributed by atoms with Gasteiger partial charge in [0, 0.05) is 0 Å². The van der Waals surface area contributed by atoms with Crippen molar-refractivity contribution in [3.05, 3.63) is 0 Å². The van der Waals surface area contributed by atoms with Crippen LogP contribution < -0.4 is 0 Å². The molecule has 0 aromatic rings. The van der Waals surface area contributed by atoms with Gasteiger partial charge in [-0.1, -0.05) is 0 Å². The minimum Gasteiger partial charge on any atom is -2.00 e. The van der Waals surface area contributed by atoms with Crippen LogP contribution in [0.3, 0.4) is 0 Å². The number of hydrogen-bond acceptors (Lipinski definition) is 0. The average molecular weight is 197 g/mol. The molecule has 4 heavy (non-hydrogen) atoms. The third-order valence-corrected chi connectivity index (χ3v) is 0. The average Bonchev–Trinajstić information content (AvgIpc) is 0. The molecule has 0 aromatic heterocycles. The Bertz CT molecular complexity index is 6.00. The Morgan fingerprint density at radius 3 is 1.00 bits per heavy atom. The normalized spacial score (nSPS) is 0. The van der Waals surface area contributed by atoms with Crippen molar-refractivity contribution in [3.63, 3.8) is 0 Å². The predicted molar refractivity (Wildman–Crippen MR) is 21.4 cm³/mol. The molecule has 0 unspecified atom stereocenters. The quantitative estimate of drug-likeness (QED) is 0.458. The van der Waals surface area contributed by atoms with Gasteiger partial charge in [-0.25, -0.2) is 0 Å². The second-order valence-electron chi connectivity index (χ2n) is 0. The maximum absolute atomic E-state index is 0. The van der Waals surface area contributed by atoms with Crippen LogP contribution in [0.2, 0.25) is 0 Å². The van der Waals surface area contributed by atoms with Crippen LogP contribution in [0.1, 0.15) is 0 Å². The molecule has 24 valence electrons. The Morgan fingerprint density at radius 1 is 1.00 bits per heavy atom. The molecule has 0 radical (unpaired) electrons. The van der Waals surface area contributed by atoms with E-state index in [0.29, 0.717) is 0 Å². The zero-order valence-corrected chi connectivity index (χ0v) is 7.97. The van der Waals surface area contributed by atoms with Crippen LogP contribution in [0.15, 0.2) is 0 Å². The molecule has 0 rings (SSSR count). The standard InChI is InChI=1S/Cd.H2O.H2S.S/h;2*1H2;/q+2;;;-2. The van der Waals surface area contributed by atoms with Crippen molar-refractivity contribution in [2.45, 2.75) is 0 Å². The topological polar surface area (TPSA) is 31.5 Å². The second kappa shape index (κ2) is 23.5. The monoisotopic (exact) mass is 198 g/mol. The Balaban J connectivity index is 0. The summed E-state index contributed by atoms with van der Waals surface area (Å²) >= 11 is 0. The third-order valence-electron chi connectivity index (χ3n) is 0. The van der Waals surface area contributed by atoms with Gasteiger partial charge >= 0.3 is 27.3 Å². The fourth-order valence-electron chi connectivity index (χ4n) is 0. The van der Waals surface area contributed by atoms with E-state index >= 15 is 0 Å². The van der Waals surface area contributed by atoms with E-state index in [1.807, 2.05) is 0 Å². The summed E-state index contributed by atoms with van der Waals surface area (Å²) in [6.45, 7) is 0. The van der Waals surface area contributed by atoms with Gasteiger partial charge in [0.1, 0.15) is 0 Å². The van der Waals surface area contributed by atoms with Crippen LogP contribution in [-0.4, -0.2) is 5.48 Å². The van der Waals surface area contributed by atoms with Crippen LogP contribution in [0, 0.1) is 0 Å². The molecule has 0 spiro atoms. The fraction of sp³-hybridized carbons (Fsp3) is 0. The zero-order chi connectivity index (χ0) is 0. The van der Waals surface area contributed by atoms with Crippen molar-refractivity contribution >= 4 is 27.0 Å². The van der Waals surface area contributed by atoms with Crippen LogP contribution >= 0.6 is 13.5 Å². The molecule has 0 aromatic carbocycles. The largest absolute Gasteiger partial charge is 2.00 e. The first kappa shape index (κ1) is 46.8. The van der Waals surface area contributed by atoms with Crippen molar-refractivity contribution in [2.75, 3.05) is 0 Å². The minimum absolute atomic E-state index is 0. The van der Waals surface area contributed by atoms with Gasteiger partial charge in [-0.15, -0.1) is 0 Å². The van der Waals surface area contributed by atoms with Gasteiger partial charge < -0.3 is 19.0 Å². The summed E-state index contributed by atoms with van der Waals surface area (Å²) < 4.78 is 0. The van der Waals surface area contributed by atoms with E-state index in [0.717, 1.165) is 0 Å². The van der Waals surface area contributed by atoms with Crippen LogP contribution in [0.5, 0.6) is 0 Å². The molecule has 0 amide bonds. The molecule has 4 heteroatoms. The van der Waals surface area contributed by atoms with E-state index in [9.17, 15) is 0 Å². The molecule has 2 N–H and O–H groups in total. The molecule has 0 atom stereocenters. The first-order valence-corrected chi connectivity index (χ1v) is 0. The Hall–Kier alpha value is 1.58. The van der Waals surface area contributed by atoms with Gasteiger partial charge in [-0.05, 0) is 0 Å². The fourth-order valence-corrected chi connectivity index (χ4v) is 0. The minimum atomic E-state index is 0. The molecule has 1 nitrogen and oxygen atoms in total. The zero-order valence-electron chi connectivity index (χ0n) is 2.12. The Labute approximate surface area is 59.5 Å². The van der Waals surface area contributed by atoms with Crippen LogP contribution in [0.25, 0.3) is 0 Å². The van der Waals surface area contributed by atoms with Crippen LogP contribution in [0.4, 0.5) is 0 Å². The van der Waals surface area contributed by atoms with Crippen molar-refractivity contribution in [1.82, 2.24) is 0 Å². The summed E-state index contributed by atoms with van der Waals surface area (Å²) in [6.07, 6.45) is 0. The summed E-state index contributed by atoms with van der Waals surface area (Å²) in [7, 11) is 0. The molecule has 0 aliphatic heterocycles. The molecule has 0 saturated heterocycles. The van der Waals surface area contributed by atoms with E-state index in [2.05, 4.69) is 0 Å². The smallest absolute Gasteiger partial charge is 2.00 e. The van der Waals surface area contributed by atoms with Gasteiger partial charge in [0.2, 0.25) is 0 Å². The first-order valence-electron chi connectivity index (χ1n) is 0. The molecule has 0 bridgehead atoms. The maximum atomic E-state index is 0. The van der Waals surface area contributed by atoms with E-state index < -0.39 is 0 Å². The summed E-state index contributed by atoms with van der Waals surface area (Å²) in [6, 6.07) is 0. The summed E-state index contributed by atoms with van der Waals surface area (Å²) in [5.41, 5.74) is 0. The van der Waals surface area contributed by atoms with Crippen molar-refractivity contribution in [1.29, 1.82) is 0 Å². The SMILES string of the molecule is O.S.[Cd+2].[S-2]. The molecule has 0 heterocycles. The van der Waals surface area contributed by atoms with Gasteiger partial charge in [0.05, 0.1) is 0 Å². The van der Waals surface area contributed by atoms with Gasteiger partial charge in [0.25, 0.3) is 0 Å². The second-order valence-corrected chi connectivity index (χ2v) is 0. The van der Waals surface area contributed by atoms with Crippen molar-refractivity contribution in [3.8, 4) is 0 Å². The van der Waals surface area contributed by atoms with E-state index in [1.165, 1.54) is 0 Å². The summed E-state index contributed by atoms with van der Waals surface area (Å²) in [4.78, 5) is 0. The Kier molecular flexibility index (Phi) is 275. The van der Waals surface area contributed by atoms with Crippen LogP contribution in [-0.2, 0) is 40.8 Å². The molecular weight excluding hydrogens is 193 g/mol. The molecule has 0 aliphatic rings. The molecular formula is H4CdOS2. The number of hydrogen-bond donors (Lipinski definition) is 0. The molecule has 0 saturated carbocycles. The van der Waals surface area contributed by atoms with Crippen molar-refractivity contribution < 1.29 is 32.8 Å². The van der Waals surface area contributed by atoms with E-state index in [4.69, 9.17) is 0 Å². The summed E-state index contributed by atoms with van der Waals surface area (Å²) in [5.74, 6) is 0. The Morgan fingerprint density at radius 2 is 1.00 bits per heavy atom. The van der Waals surface area contributed by atoms with E-state index in [-0.39, 0.29) is 59.8 Å². The van der Waals surface area contributed by atoms with Gasteiger partial charge in [-0.3, -0.25) is 0 Å². The summed E-state index contributed by atoms with van der Waals surface area (Å²) in [5, 5.41) is 0.